The summed E-state index contributed by atoms with van der Waals surface area (Å²) in [5.74, 6) is 1.44. The topological polar surface area (TPSA) is 47.9 Å². The lowest BCUT2D eigenvalue weighted by Crippen LogP contribution is -2.41. The standard InChI is InChI=1S/C23H28N4O/c1-2-24-23(26-14-12-20(17-26)18-8-4-3-5-9-18)25-16-22(28)27-15-13-19-10-6-7-11-21(19)27/h3-11,20H,2,12-17H2,1H3,(H,24,25). The molecule has 146 valence electrons. The maximum Gasteiger partial charge on any atom is 0.248 e. The Balaban J connectivity index is 1.42. The largest absolute Gasteiger partial charge is 0.357 e. The van der Waals surface area contributed by atoms with Gasteiger partial charge in [-0.2, -0.15) is 0 Å². The van der Waals surface area contributed by atoms with Crippen LogP contribution >= 0.6 is 0 Å². The number of rotatable bonds is 4. The summed E-state index contributed by atoms with van der Waals surface area (Å²) in [5, 5.41) is 3.37. The minimum atomic E-state index is 0.0687. The average Bonchev–Trinajstić information content (AvgIpc) is 3.39. The number of hydrogen-bond donors (Lipinski definition) is 1. The fourth-order valence-electron chi connectivity index (χ4n) is 4.20. The Labute approximate surface area is 167 Å². The van der Waals surface area contributed by atoms with Gasteiger partial charge in [-0.05, 0) is 37.0 Å². The number of guanidine groups is 1. The number of amides is 1. The van der Waals surface area contributed by atoms with Gasteiger partial charge in [-0.3, -0.25) is 4.79 Å². The summed E-state index contributed by atoms with van der Waals surface area (Å²) in [6, 6.07) is 18.8. The van der Waals surface area contributed by atoms with Crippen LogP contribution in [-0.2, 0) is 11.2 Å². The molecule has 0 bridgehead atoms. The number of carbonyl (C=O) groups excluding carboxylic acids is 1. The van der Waals surface area contributed by atoms with Crippen LogP contribution < -0.4 is 10.2 Å². The van der Waals surface area contributed by atoms with Crippen molar-refractivity contribution in [3.8, 4) is 0 Å². The molecule has 2 aromatic rings. The number of aliphatic imine (C=N–C) groups is 1. The Morgan fingerprint density at radius 3 is 2.71 bits per heavy atom. The van der Waals surface area contributed by atoms with Crippen LogP contribution in [0.4, 0.5) is 5.69 Å². The molecule has 1 fully saturated rings. The Bertz CT molecular complexity index is 849. The second-order valence-electron chi connectivity index (χ2n) is 7.44. The highest BCUT2D eigenvalue weighted by atomic mass is 16.2. The van der Waals surface area contributed by atoms with Gasteiger partial charge in [-0.15, -0.1) is 0 Å². The van der Waals surface area contributed by atoms with E-state index in [1.165, 1.54) is 11.1 Å². The van der Waals surface area contributed by atoms with Gasteiger partial charge >= 0.3 is 0 Å². The molecule has 0 radical (unpaired) electrons. The smallest absolute Gasteiger partial charge is 0.248 e. The van der Waals surface area contributed by atoms with E-state index >= 15 is 0 Å². The summed E-state index contributed by atoms with van der Waals surface area (Å²) in [6.07, 6.45) is 2.04. The number of hydrogen-bond acceptors (Lipinski definition) is 2. The number of likely N-dealkylation sites (tertiary alicyclic amines) is 1. The summed E-state index contributed by atoms with van der Waals surface area (Å²) < 4.78 is 0. The molecule has 28 heavy (non-hydrogen) atoms. The van der Waals surface area contributed by atoms with Gasteiger partial charge in [0, 0.05) is 37.8 Å². The number of anilines is 1. The third-order valence-electron chi connectivity index (χ3n) is 5.65. The van der Waals surface area contributed by atoms with E-state index < -0.39 is 0 Å². The van der Waals surface area contributed by atoms with Crippen molar-refractivity contribution >= 4 is 17.6 Å². The van der Waals surface area contributed by atoms with Gasteiger partial charge in [0.15, 0.2) is 5.96 Å². The number of para-hydroxylation sites is 1. The molecule has 1 unspecified atom stereocenters. The number of carbonyl (C=O) groups is 1. The van der Waals surface area contributed by atoms with Gasteiger partial charge in [0.1, 0.15) is 6.54 Å². The molecule has 1 atom stereocenters. The zero-order valence-electron chi connectivity index (χ0n) is 16.5. The molecule has 0 saturated carbocycles. The SMILES string of the molecule is CCNC(=NCC(=O)N1CCc2ccccc21)N1CCC(c2ccccc2)C1. The number of nitrogens with one attached hydrogen (secondary N) is 1. The first kappa shape index (κ1) is 18.5. The molecule has 2 aromatic carbocycles. The van der Waals surface area contributed by atoms with Crippen molar-refractivity contribution in [3.63, 3.8) is 0 Å². The summed E-state index contributed by atoms with van der Waals surface area (Å²) >= 11 is 0. The Hall–Kier alpha value is -2.82. The van der Waals surface area contributed by atoms with Crippen LogP contribution in [0.2, 0.25) is 0 Å². The van der Waals surface area contributed by atoms with Gasteiger partial charge in [-0.25, -0.2) is 4.99 Å². The minimum absolute atomic E-state index is 0.0687. The molecule has 4 rings (SSSR count). The van der Waals surface area contributed by atoms with Crippen molar-refractivity contribution in [1.82, 2.24) is 10.2 Å². The Morgan fingerprint density at radius 1 is 1.11 bits per heavy atom. The van der Waals surface area contributed by atoms with Crippen molar-refractivity contribution in [2.24, 2.45) is 4.99 Å². The molecule has 5 heteroatoms. The molecule has 2 aliphatic heterocycles. The molecule has 1 amide bonds. The monoisotopic (exact) mass is 376 g/mol. The van der Waals surface area contributed by atoms with Crippen molar-refractivity contribution in [2.75, 3.05) is 37.6 Å². The van der Waals surface area contributed by atoms with Crippen molar-refractivity contribution in [1.29, 1.82) is 0 Å². The van der Waals surface area contributed by atoms with E-state index in [0.29, 0.717) is 5.92 Å². The van der Waals surface area contributed by atoms with Gasteiger partial charge < -0.3 is 15.1 Å². The predicted molar refractivity (Wildman–Crippen MR) is 114 cm³/mol. The lowest BCUT2D eigenvalue weighted by atomic mass is 9.99. The van der Waals surface area contributed by atoms with Crippen molar-refractivity contribution in [3.05, 3.63) is 65.7 Å². The van der Waals surface area contributed by atoms with E-state index in [4.69, 9.17) is 0 Å². The normalized spacial score (nSPS) is 19.0. The summed E-state index contributed by atoms with van der Waals surface area (Å²) in [7, 11) is 0. The van der Waals surface area contributed by atoms with E-state index in [9.17, 15) is 4.79 Å². The zero-order chi connectivity index (χ0) is 19.3. The first-order valence-electron chi connectivity index (χ1n) is 10.2. The molecule has 1 N–H and O–H groups in total. The molecule has 0 spiro atoms. The predicted octanol–water partition coefficient (Wildman–Crippen LogP) is 3.03. The maximum absolute atomic E-state index is 12.8. The second kappa shape index (κ2) is 8.46. The minimum Gasteiger partial charge on any atom is -0.357 e. The summed E-state index contributed by atoms with van der Waals surface area (Å²) in [6.45, 7) is 5.71. The Morgan fingerprint density at radius 2 is 1.89 bits per heavy atom. The first-order valence-corrected chi connectivity index (χ1v) is 10.2. The number of fused-ring (bicyclic) bond motifs is 1. The summed E-state index contributed by atoms with van der Waals surface area (Å²) in [4.78, 5) is 21.6. The highest BCUT2D eigenvalue weighted by molar-refractivity contribution is 5.98. The highest BCUT2D eigenvalue weighted by Crippen LogP contribution is 2.28. The molecule has 0 aromatic heterocycles. The van der Waals surface area contributed by atoms with Crippen LogP contribution in [0.15, 0.2) is 59.6 Å². The van der Waals surface area contributed by atoms with Crippen molar-refractivity contribution < 1.29 is 4.79 Å². The van der Waals surface area contributed by atoms with E-state index in [2.05, 4.69) is 58.5 Å². The summed E-state index contributed by atoms with van der Waals surface area (Å²) in [5.41, 5.74) is 3.67. The zero-order valence-corrected chi connectivity index (χ0v) is 16.5. The van der Waals surface area contributed by atoms with Gasteiger partial charge in [0.05, 0.1) is 0 Å². The van der Waals surface area contributed by atoms with Crippen LogP contribution in [0.5, 0.6) is 0 Å². The third-order valence-corrected chi connectivity index (χ3v) is 5.65. The molecule has 5 nitrogen and oxygen atoms in total. The lowest BCUT2D eigenvalue weighted by Gasteiger charge is -2.22. The number of nitrogens with zero attached hydrogens (tertiary/aromatic N) is 3. The maximum atomic E-state index is 12.8. The fourth-order valence-corrected chi connectivity index (χ4v) is 4.20. The molecular formula is C23H28N4O. The third kappa shape index (κ3) is 3.88. The quantitative estimate of drug-likeness (QED) is 0.659. The van der Waals surface area contributed by atoms with Crippen LogP contribution in [0.25, 0.3) is 0 Å². The fraction of sp³-hybridized carbons (Fsp3) is 0.391. The van der Waals surface area contributed by atoms with Crippen molar-refractivity contribution in [2.45, 2.75) is 25.7 Å². The van der Waals surface area contributed by atoms with E-state index in [-0.39, 0.29) is 12.5 Å². The van der Waals surface area contributed by atoms with E-state index in [0.717, 1.165) is 50.7 Å². The number of benzene rings is 2. The lowest BCUT2D eigenvalue weighted by molar-refractivity contribution is -0.117. The molecule has 1 saturated heterocycles. The van der Waals surface area contributed by atoms with Crippen LogP contribution in [0, 0.1) is 0 Å². The van der Waals surface area contributed by atoms with Crippen LogP contribution in [0.3, 0.4) is 0 Å². The average molecular weight is 377 g/mol. The molecule has 2 heterocycles. The van der Waals surface area contributed by atoms with Gasteiger partial charge in [-0.1, -0.05) is 48.5 Å². The van der Waals surface area contributed by atoms with E-state index in [1.807, 2.05) is 23.1 Å². The molecule has 2 aliphatic rings. The Kier molecular flexibility index (Phi) is 5.60. The van der Waals surface area contributed by atoms with Gasteiger partial charge in [0.2, 0.25) is 5.91 Å². The second-order valence-corrected chi connectivity index (χ2v) is 7.44. The van der Waals surface area contributed by atoms with E-state index in [1.54, 1.807) is 0 Å². The first-order chi connectivity index (χ1) is 13.8. The highest BCUT2D eigenvalue weighted by Gasteiger charge is 2.27. The molecular weight excluding hydrogens is 348 g/mol. The molecule has 0 aliphatic carbocycles. The van der Waals surface area contributed by atoms with Crippen LogP contribution in [-0.4, -0.2) is 49.5 Å². The van der Waals surface area contributed by atoms with Gasteiger partial charge in [0.25, 0.3) is 0 Å². The van der Waals surface area contributed by atoms with Crippen LogP contribution in [0.1, 0.15) is 30.4 Å².